The van der Waals surface area contributed by atoms with E-state index in [1.165, 1.54) is 11.9 Å². The number of benzene rings is 2. The van der Waals surface area contributed by atoms with Gasteiger partial charge in [0.2, 0.25) is 0 Å². The summed E-state index contributed by atoms with van der Waals surface area (Å²) >= 11 is 0. The molecule has 2 N–H and O–H groups in total. The van der Waals surface area contributed by atoms with Crippen molar-refractivity contribution in [3.05, 3.63) is 66.5 Å². The number of rotatable bonds is 5. The third-order valence-corrected chi connectivity index (χ3v) is 4.83. The van der Waals surface area contributed by atoms with E-state index in [9.17, 15) is 4.79 Å². The summed E-state index contributed by atoms with van der Waals surface area (Å²) in [6.45, 7) is 2.84. The van der Waals surface area contributed by atoms with Gasteiger partial charge in [-0.3, -0.25) is 4.90 Å². The molecule has 3 aromatic rings. The fourth-order valence-corrected chi connectivity index (χ4v) is 3.49. The largest absolute Gasteiger partial charge is 0.334 e. The van der Waals surface area contributed by atoms with Gasteiger partial charge in [0.15, 0.2) is 0 Å². The van der Waals surface area contributed by atoms with Gasteiger partial charge in [-0.1, -0.05) is 30.3 Å². The lowest BCUT2D eigenvalue weighted by molar-refractivity contribution is 0.183. The third kappa shape index (κ3) is 4.72. The zero-order chi connectivity index (χ0) is 19.2. The van der Waals surface area contributed by atoms with Crippen molar-refractivity contribution in [2.24, 2.45) is 0 Å². The highest BCUT2D eigenvalue weighted by Gasteiger charge is 2.21. The number of hydrogen-bond donors (Lipinski definition) is 2. The predicted molar refractivity (Wildman–Crippen MR) is 106 cm³/mol. The van der Waals surface area contributed by atoms with E-state index in [0.717, 1.165) is 43.9 Å². The molecular weight excluding hydrogens is 354 g/mol. The Hall–Kier alpha value is -3.26. The minimum atomic E-state index is -0.179. The smallest absolute Gasteiger partial charge is 0.319 e. The Morgan fingerprint density at radius 3 is 2.68 bits per heavy atom. The summed E-state index contributed by atoms with van der Waals surface area (Å²) in [4.78, 5) is 14.8. The summed E-state index contributed by atoms with van der Waals surface area (Å²) in [7, 11) is 0. The number of urea groups is 1. The van der Waals surface area contributed by atoms with Crippen LogP contribution >= 0.6 is 0 Å². The molecule has 0 bridgehead atoms. The van der Waals surface area contributed by atoms with Crippen molar-refractivity contribution in [1.82, 2.24) is 30.4 Å². The maximum Gasteiger partial charge on any atom is 0.319 e. The second kappa shape index (κ2) is 8.62. The first kappa shape index (κ1) is 18.1. The first-order valence-corrected chi connectivity index (χ1v) is 9.43. The molecule has 1 saturated heterocycles. The lowest BCUT2D eigenvalue weighted by atomic mass is 10.0. The molecule has 2 amide bonds. The van der Waals surface area contributed by atoms with E-state index < -0.39 is 0 Å². The van der Waals surface area contributed by atoms with Crippen molar-refractivity contribution in [2.75, 3.05) is 18.4 Å². The van der Waals surface area contributed by atoms with E-state index in [2.05, 4.69) is 55.3 Å². The average Bonchev–Trinajstić information content (AvgIpc) is 3.24. The Morgan fingerprint density at radius 1 is 1.11 bits per heavy atom. The van der Waals surface area contributed by atoms with Crippen LogP contribution in [-0.4, -0.2) is 50.3 Å². The van der Waals surface area contributed by atoms with Gasteiger partial charge in [0, 0.05) is 24.8 Å². The highest BCUT2D eigenvalue weighted by Crippen LogP contribution is 2.15. The highest BCUT2D eigenvalue weighted by atomic mass is 16.2. The molecule has 1 atom stereocenters. The van der Waals surface area contributed by atoms with Crippen molar-refractivity contribution in [2.45, 2.75) is 25.4 Å². The monoisotopic (exact) mass is 377 g/mol. The second-order valence-corrected chi connectivity index (χ2v) is 6.96. The summed E-state index contributed by atoms with van der Waals surface area (Å²) < 4.78 is 1.56. The Labute approximate surface area is 163 Å². The summed E-state index contributed by atoms with van der Waals surface area (Å²) in [5.74, 6) is 0. The number of hydrogen-bond acceptors (Lipinski definition) is 5. The molecule has 0 saturated carbocycles. The molecule has 1 aromatic heterocycles. The van der Waals surface area contributed by atoms with Gasteiger partial charge in [-0.05, 0) is 59.6 Å². The molecule has 1 aliphatic rings. The molecule has 0 spiro atoms. The molecular formula is C20H23N7O. The molecule has 8 heteroatoms. The summed E-state index contributed by atoms with van der Waals surface area (Å²) in [5.41, 5.74) is 2.86. The number of nitrogens with zero attached hydrogens (tertiary/aromatic N) is 5. The van der Waals surface area contributed by atoms with Crippen LogP contribution in [0.5, 0.6) is 0 Å². The molecule has 28 heavy (non-hydrogen) atoms. The fraction of sp³-hybridized carbons (Fsp3) is 0.300. The third-order valence-electron chi connectivity index (χ3n) is 4.83. The highest BCUT2D eigenvalue weighted by molar-refractivity contribution is 5.89. The number of nitrogens with one attached hydrogen (secondary N) is 2. The van der Waals surface area contributed by atoms with Crippen LogP contribution in [0, 0.1) is 0 Å². The number of aromatic nitrogens is 4. The summed E-state index contributed by atoms with van der Waals surface area (Å²) in [6.07, 6.45) is 3.61. The Bertz CT molecular complexity index is 881. The van der Waals surface area contributed by atoms with Crippen LogP contribution in [0.2, 0.25) is 0 Å². The molecule has 144 valence electrons. The number of amides is 2. The van der Waals surface area contributed by atoms with Crippen LogP contribution < -0.4 is 10.6 Å². The van der Waals surface area contributed by atoms with E-state index in [4.69, 9.17) is 0 Å². The van der Waals surface area contributed by atoms with Crippen LogP contribution in [0.25, 0.3) is 5.69 Å². The van der Waals surface area contributed by atoms with Crippen LogP contribution in [0.3, 0.4) is 0 Å². The number of carbonyl (C=O) groups excluding carboxylic acids is 1. The Morgan fingerprint density at radius 2 is 1.93 bits per heavy atom. The molecule has 0 unspecified atom stereocenters. The molecule has 2 heterocycles. The van der Waals surface area contributed by atoms with E-state index in [-0.39, 0.29) is 12.1 Å². The molecule has 1 aliphatic heterocycles. The Kier molecular flexibility index (Phi) is 5.58. The lowest BCUT2D eigenvalue weighted by Gasteiger charge is -2.33. The quantitative estimate of drug-likeness (QED) is 0.713. The Balaban J connectivity index is 1.28. The standard InChI is InChI=1S/C20H23N7O/c28-20(22-17-8-10-19(11-9-17)27-15-21-24-25-27)23-18-7-4-12-26(14-18)13-16-5-2-1-3-6-16/h1-3,5-6,8-11,15,18H,4,7,12-14H2,(H2,22,23,28)/t18-/m0/s1. The number of carbonyl (C=O) groups is 1. The van der Waals surface area contributed by atoms with E-state index in [0.29, 0.717) is 0 Å². The van der Waals surface area contributed by atoms with Crippen molar-refractivity contribution < 1.29 is 4.79 Å². The van der Waals surface area contributed by atoms with Gasteiger partial charge in [-0.2, -0.15) is 0 Å². The van der Waals surface area contributed by atoms with Crippen molar-refractivity contribution >= 4 is 11.7 Å². The minimum Gasteiger partial charge on any atom is -0.334 e. The van der Waals surface area contributed by atoms with Crippen molar-refractivity contribution in [1.29, 1.82) is 0 Å². The molecule has 8 nitrogen and oxygen atoms in total. The van der Waals surface area contributed by atoms with Crippen molar-refractivity contribution in [3.8, 4) is 5.69 Å². The molecule has 4 rings (SSSR count). The van der Waals surface area contributed by atoms with Gasteiger partial charge in [-0.15, -0.1) is 5.10 Å². The number of piperidine rings is 1. The normalized spacial score (nSPS) is 17.2. The van der Waals surface area contributed by atoms with Gasteiger partial charge in [0.05, 0.1) is 5.69 Å². The van der Waals surface area contributed by atoms with Gasteiger partial charge in [-0.25, -0.2) is 9.48 Å². The van der Waals surface area contributed by atoms with Gasteiger partial charge in [0.1, 0.15) is 6.33 Å². The zero-order valence-corrected chi connectivity index (χ0v) is 15.5. The molecule has 2 aromatic carbocycles. The summed E-state index contributed by atoms with van der Waals surface area (Å²) in [5, 5.41) is 17.1. The van der Waals surface area contributed by atoms with E-state index in [1.807, 2.05) is 30.3 Å². The SMILES string of the molecule is O=C(Nc1ccc(-n2cnnn2)cc1)N[C@H]1CCCN(Cc2ccccc2)C1. The first-order valence-electron chi connectivity index (χ1n) is 9.43. The first-order chi connectivity index (χ1) is 13.8. The maximum absolute atomic E-state index is 12.4. The predicted octanol–water partition coefficient (Wildman–Crippen LogP) is 2.45. The second-order valence-electron chi connectivity index (χ2n) is 6.96. The van der Waals surface area contributed by atoms with Crippen LogP contribution in [0.1, 0.15) is 18.4 Å². The lowest BCUT2D eigenvalue weighted by Crippen LogP contribution is -2.48. The fourth-order valence-electron chi connectivity index (χ4n) is 3.49. The van der Waals surface area contributed by atoms with Crippen LogP contribution in [-0.2, 0) is 6.54 Å². The minimum absolute atomic E-state index is 0.151. The number of tetrazole rings is 1. The van der Waals surface area contributed by atoms with Gasteiger partial charge in [0.25, 0.3) is 0 Å². The zero-order valence-electron chi connectivity index (χ0n) is 15.5. The number of likely N-dealkylation sites (tertiary alicyclic amines) is 1. The number of anilines is 1. The van der Waals surface area contributed by atoms with Gasteiger partial charge < -0.3 is 10.6 Å². The van der Waals surface area contributed by atoms with E-state index in [1.54, 1.807) is 4.68 Å². The molecule has 0 radical (unpaired) electrons. The van der Waals surface area contributed by atoms with Gasteiger partial charge >= 0.3 is 6.03 Å². The van der Waals surface area contributed by atoms with Crippen LogP contribution in [0.15, 0.2) is 60.9 Å². The average molecular weight is 377 g/mol. The molecule has 1 fully saturated rings. The van der Waals surface area contributed by atoms with Crippen LogP contribution in [0.4, 0.5) is 10.5 Å². The van der Waals surface area contributed by atoms with Crippen molar-refractivity contribution in [3.63, 3.8) is 0 Å². The maximum atomic E-state index is 12.4. The topological polar surface area (TPSA) is 88.0 Å². The summed E-state index contributed by atoms with van der Waals surface area (Å²) in [6, 6.07) is 17.8. The van der Waals surface area contributed by atoms with E-state index >= 15 is 0 Å². The molecule has 0 aliphatic carbocycles.